The van der Waals surface area contributed by atoms with Crippen LogP contribution in [0.15, 0.2) is 38.2 Å². The van der Waals surface area contributed by atoms with E-state index in [0.717, 1.165) is 0 Å². The number of sulfonamides is 1. The van der Waals surface area contributed by atoms with Gasteiger partial charge in [-0.3, -0.25) is 0 Å². The van der Waals surface area contributed by atoms with Crippen LogP contribution in [0.4, 0.5) is 4.39 Å². The zero-order valence-electron chi connectivity index (χ0n) is 15.8. The number of benzene rings is 1. The van der Waals surface area contributed by atoms with E-state index in [2.05, 4.69) is 15.3 Å². The van der Waals surface area contributed by atoms with Crippen molar-refractivity contribution in [2.45, 2.75) is 37.7 Å². The minimum absolute atomic E-state index is 0.0342. The van der Waals surface area contributed by atoms with E-state index in [-0.39, 0.29) is 41.4 Å². The first kappa shape index (κ1) is 19.5. The van der Waals surface area contributed by atoms with Crippen molar-refractivity contribution in [2.24, 2.45) is 0 Å². The largest absolute Gasteiger partial charge is 0.484 e. The van der Waals surface area contributed by atoms with Crippen LogP contribution in [0.1, 0.15) is 35.5 Å². The molecule has 0 spiro atoms. The number of aromatic nitrogens is 3. The lowest BCUT2D eigenvalue weighted by atomic mass is 10.1. The van der Waals surface area contributed by atoms with E-state index >= 15 is 0 Å². The molecule has 0 saturated carbocycles. The van der Waals surface area contributed by atoms with Gasteiger partial charge in [0.15, 0.2) is 18.2 Å². The van der Waals surface area contributed by atoms with E-state index in [4.69, 9.17) is 13.8 Å². The maximum atomic E-state index is 12.9. The lowest BCUT2D eigenvalue weighted by Crippen LogP contribution is -2.29. The fourth-order valence-electron chi connectivity index (χ4n) is 3.30. The molecule has 1 atom stereocenters. The molecule has 0 radical (unpaired) electrons. The summed E-state index contributed by atoms with van der Waals surface area (Å²) in [5.74, 6) is 0.897. The van der Waals surface area contributed by atoms with Crippen LogP contribution in [0.3, 0.4) is 0 Å². The first-order valence-electron chi connectivity index (χ1n) is 8.98. The molecule has 1 aromatic carbocycles. The van der Waals surface area contributed by atoms with Gasteiger partial charge in [-0.25, -0.2) is 12.8 Å². The van der Waals surface area contributed by atoms with Crippen LogP contribution in [-0.4, -0.2) is 41.1 Å². The summed E-state index contributed by atoms with van der Waals surface area (Å²) >= 11 is 0. The molecular weight excluding hydrogens is 403 g/mol. The number of nitrogens with zero attached hydrogens (tertiary/aromatic N) is 4. The van der Waals surface area contributed by atoms with Gasteiger partial charge in [0, 0.05) is 19.0 Å². The molecular formula is C18H19FN4O5S. The monoisotopic (exact) mass is 422 g/mol. The third-order valence-electron chi connectivity index (χ3n) is 4.74. The normalized spacial score (nSPS) is 17.7. The molecule has 3 heterocycles. The van der Waals surface area contributed by atoms with Gasteiger partial charge in [0.1, 0.15) is 22.2 Å². The molecule has 2 aromatic heterocycles. The van der Waals surface area contributed by atoms with Crippen molar-refractivity contribution >= 4 is 10.0 Å². The molecule has 1 saturated heterocycles. The molecule has 1 aliphatic rings. The zero-order chi connectivity index (χ0) is 20.6. The fraction of sp³-hybridized carbons (Fsp3) is 0.389. The number of aryl methyl sites for hydroxylation is 2. The number of halogens is 1. The minimum Gasteiger partial charge on any atom is -0.484 e. The molecule has 1 aliphatic heterocycles. The highest BCUT2D eigenvalue weighted by Gasteiger charge is 2.38. The van der Waals surface area contributed by atoms with Gasteiger partial charge in [0.05, 0.1) is 0 Å². The summed E-state index contributed by atoms with van der Waals surface area (Å²) in [4.78, 5) is 4.42. The molecule has 1 unspecified atom stereocenters. The van der Waals surface area contributed by atoms with Crippen LogP contribution in [0.25, 0.3) is 0 Å². The van der Waals surface area contributed by atoms with Crippen LogP contribution in [0, 0.1) is 19.7 Å². The molecule has 0 aliphatic carbocycles. The van der Waals surface area contributed by atoms with Gasteiger partial charge in [0.2, 0.25) is 10.0 Å². The van der Waals surface area contributed by atoms with Crippen molar-refractivity contribution in [3.05, 3.63) is 53.3 Å². The predicted octanol–water partition coefficient (Wildman–Crippen LogP) is 2.57. The van der Waals surface area contributed by atoms with Gasteiger partial charge < -0.3 is 13.8 Å². The quantitative estimate of drug-likeness (QED) is 0.596. The van der Waals surface area contributed by atoms with Gasteiger partial charge in [-0.05, 0) is 44.5 Å². The van der Waals surface area contributed by atoms with Crippen LogP contribution in [0.2, 0.25) is 0 Å². The molecule has 4 rings (SSSR count). The van der Waals surface area contributed by atoms with Gasteiger partial charge >= 0.3 is 0 Å². The molecule has 0 bridgehead atoms. The predicted molar refractivity (Wildman–Crippen MR) is 97.1 cm³/mol. The summed E-state index contributed by atoms with van der Waals surface area (Å²) in [5, 5.41) is 7.69. The Labute approximate surface area is 166 Å². The molecule has 9 nitrogen and oxygen atoms in total. The molecule has 0 N–H and O–H groups in total. The van der Waals surface area contributed by atoms with Gasteiger partial charge in [0.25, 0.3) is 5.89 Å². The third-order valence-corrected chi connectivity index (χ3v) is 6.85. The second kappa shape index (κ2) is 7.56. The van der Waals surface area contributed by atoms with E-state index in [9.17, 15) is 12.8 Å². The fourth-order valence-corrected chi connectivity index (χ4v) is 5.09. The SMILES string of the molecule is Cc1noc(C)c1S(=O)(=O)N1CCC(c2noc(COc3ccc(F)cc3)n2)C1. The van der Waals surface area contributed by atoms with E-state index in [0.29, 0.717) is 30.2 Å². The minimum atomic E-state index is -3.71. The highest BCUT2D eigenvalue weighted by molar-refractivity contribution is 7.89. The van der Waals surface area contributed by atoms with Gasteiger partial charge in [-0.15, -0.1) is 0 Å². The Morgan fingerprint density at radius 1 is 1.21 bits per heavy atom. The molecule has 3 aromatic rings. The van der Waals surface area contributed by atoms with Crippen LogP contribution >= 0.6 is 0 Å². The summed E-state index contributed by atoms with van der Waals surface area (Å²) < 4.78 is 55.8. The highest BCUT2D eigenvalue weighted by Crippen LogP contribution is 2.32. The molecule has 1 fully saturated rings. The lowest BCUT2D eigenvalue weighted by molar-refractivity contribution is 0.242. The summed E-state index contributed by atoms with van der Waals surface area (Å²) in [7, 11) is -3.71. The van der Waals surface area contributed by atoms with E-state index in [1.165, 1.54) is 28.6 Å². The van der Waals surface area contributed by atoms with Crippen molar-refractivity contribution in [1.82, 2.24) is 19.6 Å². The van der Waals surface area contributed by atoms with Gasteiger partial charge in [-0.2, -0.15) is 9.29 Å². The first-order chi connectivity index (χ1) is 13.8. The number of hydrogen-bond acceptors (Lipinski definition) is 8. The summed E-state index contributed by atoms with van der Waals surface area (Å²) in [5.41, 5.74) is 0.339. The Balaban J connectivity index is 1.41. The third kappa shape index (κ3) is 3.87. The average molecular weight is 422 g/mol. The number of rotatable bonds is 6. The van der Waals surface area contributed by atoms with Crippen molar-refractivity contribution < 1.29 is 26.6 Å². The van der Waals surface area contributed by atoms with Crippen molar-refractivity contribution in [3.63, 3.8) is 0 Å². The van der Waals surface area contributed by atoms with E-state index < -0.39 is 10.0 Å². The Bertz CT molecular complexity index is 1090. The van der Waals surface area contributed by atoms with Crippen molar-refractivity contribution in [1.29, 1.82) is 0 Å². The maximum absolute atomic E-state index is 12.9. The number of hydrogen-bond donors (Lipinski definition) is 0. The van der Waals surface area contributed by atoms with E-state index in [1.54, 1.807) is 13.8 Å². The van der Waals surface area contributed by atoms with Crippen molar-refractivity contribution in [2.75, 3.05) is 13.1 Å². The maximum Gasteiger partial charge on any atom is 0.264 e. The lowest BCUT2D eigenvalue weighted by Gasteiger charge is -2.15. The zero-order valence-corrected chi connectivity index (χ0v) is 16.6. The Morgan fingerprint density at radius 2 is 1.97 bits per heavy atom. The van der Waals surface area contributed by atoms with Crippen molar-refractivity contribution in [3.8, 4) is 5.75 Å². The number of ether oxygens (including phenoxy) is 1. The summed E-state index contributed by atoms with van der Waals surface area (Å²) in [6, 6.07) is 5.59. The topological polar surface area (TPSA) is 112 Å². The molecule has 0 amide bonds. The van der Waals surface area contributed by atoms with Gasteiger partial charge in [-0.1, -0.05) is 10.3 Å². The highest BCUT2D eigenvalue weighted by atomic mass is 32.2. The molecule has 29 heavy (non-hydrogen) atoms. The summed E-state index contributed by atoms with van der Waals surface area (Å²) in [6.07, 6.45) is 0.570. The standard InChI is InChI=1S/C18H19FN4O5S/c1-11-17(12(2)27-21-11)29(24,25)23-8-7-13(9-23)18-20-16(28-22-18)10-26-15-5-3-14(19)4-6-15/h3-6,13H,7-10H2,1-2H3. The van der Waals surface area contributed by atoms with Crippen LogP contribution in [-0.2, 0) is 16.6 Å². The molecule has 154 valence electrons. The smallest absolute Gasteiger partial charge is 0.264 e. The molecule has 11 heteroatoms. The van der Waals surface area contributed by atoms with Crippen LogP contribution < -0.4 is 4.74 Å². The summed E-state index contributed by atoms with van der Waals surface area (Å²) in [6.45, 7) is 3.79. The Hall–Kier alpha value is -2.79. The van der Waals surface area contributed by atoms with Crippen LogP contribution in [0.5, 0.6) is 5.75 Å². The first-order valence-corrected chi connectivity index (χ1v) is 10.4. The Kier molecular flexibility index (Phi) is 5.09. The Morgan fingerprint density at radius 3 is 2.66 bits per heavy atom. The average Bonchev–Trinajstić information content (AvgIpc) is 3.41. The second-order valence-electron chi connectivity index (χ2n) is 6.79. The second-order valence-corrected chi connectivity index (χ2v) is 8.67. The van der Waals surface area contributed by atoms with E-state index in [1.807, 2.05) is 0 Å².